The molecule has 1 aliphatic heterocycles. The van der Waals surface area contributed by atoms with Crippen molar-refractivity contribution in [2.45, 2.75) is 11.0 Å². The topological polar surface area (TPSA) is 61.6 Å². The van der Waals surface area contributed by atoms with Gasteiger partial charge in [0.2, 0.25) is 10.5 Å². The number of non-ortho nitro benzene ring substituents is 1. The Balaban J connectivity index is 2.19. The summed E-state index contributed by atoms with van der Waals surface area (Å²) in [5.74, 6) is 1.40. The highest BCUT2D eigenvalue weighted by Gasteiger charge is 2.22. The highest BCUT2D eigenvalue weighted by Crippen LogP contribution is 2.37. The molecule has 0 saturated carbocycles. The van der Waals surface area contributed by atoms with Gasteiger partial charge in [-0.1, -0.05) is 0 Å². The van der Waals surface area contributed by atoms with E-state index in [0.29, 0.717) is 12.4 Å². The maximum absolute atomic E-state index is 10.6. The molecule has 0 aliphatic carbocycles. The van der Waals surface area contributed by atoms with Crippen molar-refractivity contribution in [2.24, 2.45) is 0 Å². The third-order valence-corrected chi connectivity index (χ3v) is 3.46. The van der Waals surface area contributed by atoms with Crippen molar-refractivity contribution >= 4 is 27.9 Å². The Bertz CT molecular complexity index is 414. The van der Waals surface area contributed by atoms with Crippen LogP contribution in [0, 0.1) is 10.1 Å². The number of hydrogen-bond acceptors (Lipinski definition) is 5. The number of ether oxygens (including phenoxy) is 1. The molecule has 1 unspecified atom stereocenters. The number of thioether (sulfide) groups is 1. The first-order valence-corrected chi connectivity index (χ1v) is 5.96. The van der Waals surface area contributed by atoms with Crippen LogP contribution in [0.3, 0.4) is 0 Å². The quantitative estimate of drug-likeness (QED) is 0.465. The highest BCUT2D eigenvalue weighted by atomic mass is 32.2. The Morgan fingerprint density at radius 3 is 3.19 bits per heavy atom. The fourth-order valence-corrected chi connectivity index (χ4v) is 2.57. The minimum atomic E-state index is -0.408. The van der Waals surface area contributed by atoms with Crippen LogP contribution in [-0.2, 0) is 4.43 Å². The fourth-order valence-electron chi connectivity index (χ4n) is 1.39. The molecule has 2 rings (SSSR count). The molecule has 0 spiro atoms. The number of nitrogens with zero attached hydrogens (tertiary/aromatic N) is 1. The molecule has 16 heavy (non-hydrogen) atoms. The maximum Gasteiger partial charge on any atom is 0.270 e. The van der Waals surface area contributed by atoms with Crippen molar-refractivity contribution in [3.8, 4) is 5.75 Å². The van der Waals surface area contributed by atoms with Gasteiger partial charge in [0.15, 0.2) is 0 Å². The normalized spacial score (nSPS) is 18.7. The lowest BCUT2D eigenvalue weighted by Crippen LogP contribution is -2.28. The summed E-state index contributed by atoms with van der Waals surface area (Å²) in [5, 5.41) is 10.6. The van der Waals surface area contributed by atoms with Crippen molar-refractivity contribution in [1.29, 1.82) is 0 Å². The van der Waals surface area contributed by atoms with Crippen molar-refractivity contribution in [3.63, 3.8) is 0 Å². The summed E-state index contributed by atoms with van der Waals surface area (Å²) in [6.07, 6.45) is -0.0311. The van der Waals surface area contributed by atoms with E-state index < -0.39 is 4.92 Å². The zero-order valence-corrected chi connectivity index (χ0v) is 10.0. The summed E-state index contributed by atoms with van der Waals surface area (Å²) in [4.78, 5) is 11.0. The third kappa shape index (κ3) is 2.37. The Morgan fingerprint density at radius 1 is 1.69 bits per heavy atom. The number of nitro groups is 1. The Kier molecular flexibility index (Phi) is 3.47. The van der Waals surface area contributed by atoms with E-state index in [9.17, 15) is 10.1 Å². The summed E-state index contributed by atoms with van der Waals surface area (Å²) < 4.78 is 10.4. The van der Waals surface area contributed by atoms with E-state index in [0.717, 1.165) is 10.6 Å². The second-order valence-corrected chi connectivity index (χ2v) is 4.60. The van der Waals surface area contributed by atoms with Gasteiger partial charge in [-0.05, 0) is 6.07 Å². The van der Waals surface area contributed by atoms with Crippen LogP contribution in [0.25, 0.3) is 0 Å². The van der Waals surface area contributed by atoms with E-state index in [2.05, 4.69) is 10.5 Å². The number of benzene rings is 1. The average molecular weight is 254 g/mol. The lowest BCUT2D eigenvalue weighted by atomic mass is 10.3. The first-order chi connectivity index (χ1) is 7.70. The zero-order chi connectivity index (χ0) is 11.5. The summed E-state index contributed by atoms with van der Waals surface area (Å²) in [7, 11) is 2.92. The van der Waals surface area contributed by atoms with Crippen LogP contribution in [0.15, 0.2) is 23.1 Å². The molecule has 0 N–H and O–H groups in total. The maximum atomic E-state index is 10.6. The van der Waals surface area contributed by atoms with Gasteiger partial charge in [0.05, 0.1) is 16.4 Å². The van der Waals surface area contributed by atoms with Crippen LogP contribution >= 0.6 is 11.8 Å². The van der Waals surface area contributed by atoms with Crippen molar-refractivity contribution in [2.75, 3.05) is 12.4 Å². The van der Waals surface area contributed by atoms with Gasteiger partial charge in [0.1, 0.15) is 11.9 Å². The van der Waals surface area contributed by atoms with Crippen LogP contribution < -0.4 is 4.74 Å². The predicted molar refractivity (Wildman–Crippen MR) is 59.9 cm³/mol. The number of nitro benzene ring substituents is 1. The minimum absolute atomic E-state index is 0.0311. The van der Waals surface area contributed by atoms with E-state index in [1.807, 2.05) is 0 Å². The molecule has 3 radical (unpaired) electrons. The molecule has 7 heteroatoms. The third-order valence-electron chi connectivity index (χ3n) is 2.13. The van der Waals surface area contributed by atoms with Gasteiger partial charge in [-0.15, -0.1) is 11.8 Å². The largest absolute Gasteiger partial charge is 0.486 e. The van der Waals surface area contributed by atoms with Gasteiger partial charge in [0.25, 0.3) is 5.69 Å². The van der Waals surface area contributed by atoms with Gasteiger partial charge in [0, 0.05) is 17.9 Å². The molecule has 0 saturated heterocycles. The van der Waals surface area contributed by atoms with Gasteiger partial charge < -0.3 is 9.16 Å². The molecule has 0 bridgehead atoms. The number of fused-ring (bicyclic) bond motifs is 1. The molecule has 0 amide bonds. The molecule has 1 heterocycles. The van der Waals surface area contributed by atoms with Crippen molar-refractivity contribution in [3.05, 3.63) is 28.3 Å². The van der Waals surface area contributed by atoms with Crippen molar-refractivity contribution in [1.82, 2.24) is 0 Å². The monoisotopic (exact) mass is 254 g/mol. The van der Waals surface area contributed by atoms with Gasteiger partial charge in [-0.3, -0.25) is 10.1 Å². The fraction of sp³-hybridized carbons (Fsp3) is 0.333. The first kappa shape index (κ1) is 11.4. The predicted octanol–water partition coefficient (Wildman–Crippen LogP) is 1.55. The Hall–Kier alpha value is -1.05. The highest BCUT2D eigenvalue weighted by molar-refractivity contribution is 7.99. The molecule has 5 nitrogen and oxygen atoms in total. The molecule has 1 aromatic rings. The average Bonchev–Trinajstić information content (AvgIpc) is 2.28. The Morgan fingerprint density at radius 2 is 2.50 bits per heavy atom. The smallest absolute Gasteiger partial charge is 0.270 e. The molecule has 0 aromatic heterocycles. The molecule has 1 aliphatic rings. The Labute approximate surface area is 99.8 Å². The van der Waals surface area contributed by atoms with Crippen molar-refractivity contribution < 1.29 is 14.1 Å². The van der Waals surface area contributed by atoms with Crippen LogP contribution in [0.1, 0.15) is 0 Å². The van der Waals surface area contributed by atoms with E-state index in [-0.39, 0.29) is 11.8 Å². The molecule has 0 fully saturated rings. The van der Waals surface area contributed by atoms with Crippen LogP contribution in [0.5, 0.6) is 5.75 Å². The van der Waals surface area contributed by atoms with Crippen LogP contribution in [-0.4, -0.2) is 33.9 Å². The van der Waals surface area contributed by atoms with E-state index in [1.54, 1.807) is 6.07 Å². The zero-order valence-electron chi connectivity index (χ0n) is 8.21. The molecular formula is C9H8NO4SSi. The SMILES string of the molecule is O=[N+]([O-])c1ccc2c(c1)SCC(CO[Si])O2. The molecule has 1 aromatic carbocycles. The number of rotatable bonds is 3. The first-order valence-electron chi connectivity index (χ1n) is 4.57. The second kappa shape index (κ2) is 4.85. The van der Waals surface area contributed by atoms with Gasteiger partial charge >= 0.3 is 0 Å². The van der Waals surface area contributed by atoms with Crippen LogP contribution in [0.2, 0.25) is 0 Å². The summed E-state index contributed by atoms with van der Waals surface area (Å²) >= 11 is 1.54. The molecular weight excluding hydrogens is 246 g/mol. The standard InChI is InChI=1S/C9H8NO4SSi/c11-10(12)6-1-2-8-9(3-6)15-5-7(14-8)4-13-16/h1-3,7H,4-5H2. The van der Waals surface area contributed by atoms with Gasteiger partial charge in [-0.2, -0.15) is 0 Å². The van der Waals surface area contributed by atoms with E-state index in [1.165, 1.54) is 23.9 Å². The summed E-state index contributed by atoms with van der Waals surface area (Å²) in [6, 6.07) is 4.60. The minimum Gasteiger partial charge on any atom is -0.486 e. The lowest BCUT2D eigenvalue weighted by Gasteiger charge is -2.24. The summed E-state index contributed by atoms with van der Waals surface area (Å²) in [5.41, 5.74) is 0.0877. The second-order valence-electron chi connectivity index (χ2n) is 3.25. The molecule has 1 atom stereocenters. The lowest BCUT2D eigenvalue weighted by molar-refractivity contribution is -0.385. The van der Waals surface area contributed by atoms with E-state index >= 15 is 0 Å². The van der Waals surface area contributed by atoms with Gasteiger partial charge in [-0.25, -0.2) is 0 Å². The van der Waals surface area contributed by atoms with Crippen LogP contribution in [0.4, 0.5) is 5.69 Å². The summed E-state index contributed by atoms with van der Waals surface area (Å²) in [6.45, 7) is 0.445. The molecule has 83 valence electrons. The van der Waals surface area contributed by atoms with E-state index in [4.69, 9.17) is 9.16 Å². The number of hydrogen-bond donors (Lipinski definition) is 0.